The molecule has 0 amide bonds. The Kier molecular flexibility index (Phi) is 4.86. The number of hydrogen-bond donors (Lipinski definition) is 1. The Balaban J connectivity index is 0.000000531. The molecule has 84 valence electrons. The highest BCUT2D eigenvalue weighted by molar-refractivity contribution is 5.26. The maximum atomic E-state index is 8.50. The molecule has 0 aliphatic heterocycles. The fraction of sp³-hybridized carbons (Fsp3) is 0.500. The highest BCUT2D eigenvalue weighted by Gasteiger charge is 2.04. The Morgan fingerprint density at radius 3 is 3.07 bits per heavy atom. The van der Waals surface area contributed by atoms with Crippen LogP contribution >= 0.6 is 0 Å². The van der Waals surface area contributed by atoms with Crippen molar-refractivity contribution in [3.8, 4) is 0 Å². The lowest BCUT2D eigenvalue weighted by molar-refractivity contribution is 0.0793. The summed E-state index contributed by atoms with van der Waals surface area (Å²) in [7, 11) is 0. The molecule has 0 bridgehead atoms. The lowest BCUT2D eigenvalue weighted by atomic mass is 10.5. The molecule has 0 radical (unpaired) electrons. The molecular formula is C10H16N2O3. The van der Waals surface area contributed by atoms with Crippen molar-refractivity contribution in [1.82, 2.24) is 9.38 Å². The first-order valence-electron chi connectivity index (χ1n) is 5.00. The van der Waals surface area contributed by atoms with E-state index < -0.39 is 0 Å². The lowest BCUT2D eigenvalue weighted by Crippen LogP contribution is -2.00. The highest BCUT2D eigenvalue weighted by Crippen LogP contribution is 2.07. The average molecular weight is 212 g/mol. The second-order valence-electron chi connectivity index (χ2n) is 2.58. The first-order valence-corrected chi connectivity index (χ1v) is 5.00. The molecule has 0 saturated carbocycles. The zero-order valence-corrected chi connectivity index (χ0v) is 9.01. The van der Waals surface area contributed by atoms with Crippen LogP contribution in [0.3, 0.4) is 0 Å². The lowest BCUT2D eigenvalue weighted by Gasteiger charge is -1.99. The Bertz CT molecular complexity index is 381. The van der Waals surface area contributed by atoms with E-state index in [0.29, 0.717) is 19.1 Å². The number of aromatic nitrogens is 2. The van der Waals surface area contributed by atoms with E-state index in [4.69, 9.17) is 14.3 Å². The van der Waals surface area contributed by atoms with E-state index >= 15 is 0 Å². The predicted molar refractivity (Wildman–Crippen MR) is 55.5 cm³/mol. The number of hydrogen-bond acceptors (Lipinski definition) is 4. The van der Waals surface area contributed by atoms with Crippen LogP contribution in [-0.4, -0.2) is 27.7 Å². The van der Waals surface area contributed by atoms with Gasteiger partial charge in [-0.2, -0.15) is 0 Å². The summed E-state index contributed by atoms with van der Waals surface area (Å²) >= 11 is 0. The SMILES string of the molecule is CC.OCCOCc1cnc2occn12. The van der Waals surface area contributed by atoms with Crippen LogP contribution in [-0.2, 0) is 11.3 Å². The van der Waals surface area contributed by atoms with Gasteiger partial charge >= 0.3 is 5.84 Å². The van der Waals surface area contributed by atoms with Crippen LogP contribution in [0.4, 0.5) is 0 Å². The van der Waals surface area contributed by atoms with Crippen molar-refractivity contribution in [1.29, 1.82) is 0 Å². The van der Waals surface area contributed by atoms with E-state index in [9.17, 15) is 0 Å². The van der Waals surface area contributed by atoms with Crippen molar-refractivity contribution in [3.63, 3.8) is 0 Å². The molecule has 0 aromatic carbocycles. The standard InChI is InChI=1S/C8H10N2O3.C2H6/c11-2-4-12-6-7-5-9-8-10(7)1-3-13-8;1-2/h1,3,5,11H,2,4,6H2;1-2H3. The number of ether oxygens (including phenoxy) is 1. The highest BCUT2D eigenvalue weighted by atomic mass is 16.5. The van der Waals surface area contributed by atoms with Crippen LogP contribution in [0.25, 0.3) is 5.84 Å². The predicted octanol–water partition coefficient (Wildman–Crippen LogP) is 1.46. The van der Waals surface area contributed by atoms with Crippen LogP contribution in [0.2, 0.25) is 0 Å². The topological polar surface area (TPSA) is 59.9 Å². The minimum Gasteiger partial charge on any atom is -0.432 e. The van der Waals surface area contributed by atoms with Crippen LogP contribution in [0.15, 0.2) is 23.1 Å². The third-order valence-corrected chi connectivity index (χ3v) is 1.71. The molecule has 0 aliphatic carbocycles. The number of imidazole rings is 1. The Hall–Kier alpha value is -1.33. The molecule has 1 N–H and O–H groups in total. The number of rotatable bonds is 4. The van der Waals surface area contributed by atoms with Crippen molar-refractivity contribution < 1.29 is 14.3 Å². The summed E-state index contributed by atoms with van der Waals surface area (Å²) in [5.41, 5.74) is 0.914. The van der Waals surface area contributed by atoms with Gasteiger partial charge in [0.1, 0.15) is 6.26 Å². The summed E-state index contributed by atoms with van der Waals surface area (Å²) in [5.74, 6) is 0.558. The maximum absolute atomic E-state index is 8.50. The summed E-state index contributed by atoms with van der Waals surface area (Å²) in [6.45, 7) is 4.81. The quantitative estimate of drug-likeness (QED) is 0.779. The second kappa shape index (κ2) is 6.21. The van der Waals surface area contributed by atoms with Gasteiger partial charge in [0, 0.05) is 6.20 Å². The molecule has 0 aliphatic rings. The molecule has 0 spiro atoms. The van der Waals surface area contributed by atoms with Gasteiger partial charge < -0.3 is 14.3 Å². The molecule has 2 rings (SSSR count). The fourth-order valence-corrected chi connectivity index (χ4v) is 1.12. The van der Waals surface area contributed by atoms with Gasteiger partial charge in [-0.05, 0) is 0 Å². The minimum absolute atomic E-state index is 0.0351. The number of aliphatic hydroxyl groups excluding tert-OH is 1. The zero-order chi connectivity index (χ0) is 11.1. The van der Waals surface area contributed by atoms with Crippen LogP contribution in [0.1, 0.15) is 19.5 Å². The minimum atomic E-state index is 0.0351. The summed E-state index contributed by atoms with van der Waals surface area (Å²) in [5, 5.41) is 8.50. The van der Waals surface area contributed by atoms with E-state index in [0.717, 1.165) is 5.69 Å². The third kappa shape index (κ3) is 2.81. The van der Waals surface area contributed by atoms with Crippen molar-refractivity contribution in [2.75, 3.05) is 13.2 Å². The molecule has 5 heteroatoms. The zero-order valence-electron chi connectivity index (χ0n) is 9.01. The first-order chi connectivity index (χ1) is 7.42. The molecule has 0 atom stereocenters. The molecular weight excluding hydrogens is 196 g/mol. The van der Waals surface area contributed by atoms with Gasteiger partial charge in [0.15, 0.2) is 0 Å². The Labute approximate surface area is 88.3 Å². The van der Waals surface area contributed by atoms with Gasteiger partial charge in [0.2, 0.25) is 0 Å². The van der Waals surface area contributed by atoms with Crippen molar-refractivity contribution >= 4 is 5.84 Å². The monoisotopic (exact) mass is 212 g/mol. The number of aliphatic hydroxyl groups is 1. The normalized spacial score (nSPS) is 10.1. The molecule has 0 unspecified atom stereocenters. The van der Waals surface area contributed by atoms with Crippen molar-refractivity contribution in [2.45, 2.75) is 20.5 Å². The maximum Gasteiger partial charge on any atom is 0.305 e. The smallest absolute Gasteiger partial charge is 0.305 e. The molecule has 0 saturated heterocycles. The van der Waals surface area contributed by atoms with Gasteiger partial charge in [-0.25, -0.2) is 4.98 Å². The van der Waals surface area contributed by atoms with E-state index in [1.807, 2.05) is 13.8 Å². The molecule has 2 aromatic rings. The van der Waals surface area contributed by atoms with Crippen LogP contribution in [0, 0.1) is 0 Å². The van der Waals surface area contributed by atoms with E-state index in [-0.39, 0.29) is 6.61 Å². The van der Waals surface area contributed by atoms with E-state index in [1.54, 1.807) is 23.1 Å². The van der Waals surface area contributed by atoms with Crippen LogP contribution < -0.4 is 0 Å². The first kappa shape index (κ1) is 11.7. The van der Waals surface area contributed by atoms with Gasteiger partial charge in [-0.15, -0.1) is 0 Å². The summed E-state index contributed by atoms with van der Waals surface area (Å²) < 4.78 is 12.0. The number of fused-ring (bicyclic) bond motifs is 1. The Morgan fingerprint density at radius 1 is 1.53 bits per heavy atom. The number of oxazole rings is 1. The largest absolute Gasteiger partial charge is 0.432 e. The Morgan fingerprint density at radius 2 is 2.33 bits per heavy atom. The second-order valence-corrected chi connectivity index (χ2v) is 2.58. The van der Waals surface area contributed by atoms with E-state index in [1.165, 1.54) is 0 Å². The third-order valence-electron chi connectivity index (χ3n) is 1.71. The van der Waals surface area contributed by atoms with Gasteiger partial charge in [-0.3, -0.25) is 4.40 Å². The van der Waals surface area contributed by atoms with Gasteiger partial charge in [0.25, 0.3) is 0 Å². The summed E-state index contributed by atoms with van der Waals surface area (Å²) in [6, 6.07) is 0. The summed E-state index contributed by atoms with van der Waals surface area (Å²) in [6.07, 6.45) is 5.04. The van der Waals surface area contributed by atoms with Crippen molar-refractivity contribution in [3.05, 3.63) is 24.4 Å². The fourth-order valence-electron chi connectivity index (χ4n) is 1.12. The van der Waals surface area contributed by atoms with Gasteiger partial charge in [-0.1, -0.05) is 13.8 Å². The van der Waals surface area contributed by atoms with Crippen molar-refractivity contribution in [2.24, 2.45) is 0 Å². The average Bonchev–Trinajstić information content (AvgIpc) is 2.85. The molecule has 2 aromatic heterocycles. The van der Waals surface area contributed by atoms with E-state index in [2.05, 4.69) is 4.98 Å². The summed E-state index contributed by atoms with van der Waals surface area (Å²) in [4.78, 5) is 4.01. The molecule has 5 nitrogen and oxygen atoms in total. The molecule has 2 heterocycles. The number of nitrogens with zero attached hydrogens (tertiary/aromatic N) is 2. The van der Waals surface area contributed by atoms with Crippen LogP contribution in [0.5, 0.6) is 0 Å². The molecule has 15 heavy (non-hydrogen) atoms. The molecule has 0 fully saturated rings. The van der Waals surface area contributed by atoms with Gasteiger partial charge in [0.05, 0.1) is 31.7 Å².